The van der Waals surface area contributed by atoms with E-state index in [0.29, 0.717) is 5.39 Å². The standard InChI is InChI=1S/C22H16FN5O3S/c1-28-20-13(11-19(21(28)29)32(30,31)15-7-5-14(23)6-8-15)12-25-22(27-20)26-18-4-2-3-17-16(18)9-10-24-17/h2-12,24H,1H3,(H,25,26,27). The molecule has 2 N–H and O–H groups in total. The summed E-state index contributed by atoms with van der Waals surface area (Å²) in [6, 6.07) is 13.2. The van der Waals surface area contributed by atoms with Crippen molar-refractivity contribution in [3.63, 3.8) is 0 Å². The van der Waals surface area contributed by atoms with Crippen molar-refractivity contribution in [3.05, 3.63) is 83.2 Å². The molecule has 0 atom stereocenters. The second-order valence-electron chi connectivity index (χ2n) is 7.17. The molecule has 0 aliphatic heterocycles. The van der Waals surface area contributed by atoms with Crippen LogP contribution in [0.25, 0.3) is 21.9 Å². The molecule has 0 fully saturated rings. The topological polar surface area (TPSA) is 110 Å². The SMILES string of the molecule is Cn1c(=O)c(S(=O)(=O)c2ccc(F)cc2)cc2cnc(Nc3cccc4[nH]ccc34)nc21. The molecule has 160 valence electrons. The maximum atomic E-state index is 13.2. The number of rotatable bonds is 4. The van der Waals surface area contributed by atoms with Crippen molar-refractivity contribution in [1.82, 2.24) is 19.5 Å². The zero-order chi connectivity index (χ0) is 22.5. The molecule has 0 unspecified atom stereocenters. The fraction of sp³-hybridized carbons (Fsp3) is 0.0455. The van der Waals surface area contributed by atoms with E-state index in [4.69, 9.17) is 0 Å². The van der Waals surface area contributed by atoms with Crippen LogP contribution in [0.15, 0.2) is 81.6 Å². The average molecular weight is 449 g/mol. The molecule has 3 heterocycles. The maximum absolute atomic E-state index is 13.2. The number of nitrogens with zero attached hydrogens (tertiary/aromatic N) is 3. The summed E-state index contributed by atoms with van der Waals surface area (Å²) in [6.45, 7) is 0. The van der Waals surface area contributed by atoms with E-state index in [1.54, 1.807) is 0 Å². The Kier molecular flexibility index (Phi) is 4.52. The molecule has 3 aromatic heterocycles. The number of aromatic amines is 1. The summed E-state index contributed by atoms with van der Waals surface area (Å²) in [4.78, 5) is 24.1. The summed E-state index contributed by atoms with van der Waals surface area (Å²) >= 11 is 0. The number of H-pyrrole nitrogens is 1. The van der Waals surface area contributed by atoms with Gasteiger partial charge in [0, 0.05) is 35.7 Å². The average Bonchev–Trinajstić information content (AvgIpc) is 3.27. The molecule has 2 aromatic carbocycles. The Morgan fingerprint density at radius 2 is 1.88 bits per heavy atom. The minimum atomic E-state index is -4.15. The van der Waals surface area contributed by atoms with Crippen molar-refractivity contribution < 1.29 is 12.8 Å². The van der Waals surface area contributed by atoms with E-state index >= 15 is 0 Å². The summed E-state index contributed by atoms with van der Waals surface area (Å²) in [5.41, 5.74) is 1.26. The number of halogens is 1. The Hall–Kier alpha value is -4.05. The van der Waals surface area contributed by atoms with Crippen molar-refractivity contribution in [1.29, 1.82) is 0 Å². The summed E-state index contributed by atoms with van der Waals surface area (Å²) in [5.74, 6) is -0.311. The number of fused-ring (bicyclic) bond motifs is 2. The van der Waals surface area contributed by atoms with Crippen LogP contribution >= 0.6 is 0 Å². The van der Waals surface area contributed by atoms with Crippen molar-refractivity contribution >= 4 is 43.4 Å². The summed E-state index contributed by atoms with van der Waals surface area (Å²) < 4.78 is 40.3. The molecule has 0 aliphatic carbocycles. The molecule has 32 heavy (non-hydrogen) atoms. The lowest BCUT2D eigenvalue weighted by molar-refractivity contribution is 0.592. The Bertz CT molecular complexity index is 1660. The van der Waals surface area contributed by atoms with Gasteiger partial charge in [-0.3, -0.25) is 9.36 Å². The molecule has 0 amide bonds. The van der Waals surface area contributed by atoms with E-state index < -0.39 is 26.1 Å². The smallest absolute Gasteiger partial charge is 0.271 e. The van der Waals surface area contributed by atoms with Crippen molar-refractivity contribution in [2.75, 3.05) is 5.32 Å². The zero-order valence-corrected chi connectivity index (χ0v) is 17.5. The molecule has 10 heteroatoms. The highest BCUT2D eigenvalue weighted by molar-refractivity contribution is 7.91. The third kappa shape index (κ3) is 3.21. The van der Waals surface area contributed by atoms with Gasteiger partial charge in [-0.25, -0.2) is 17.8 Å². The number of benzene rings is 2. The van der Waals surface area contributed by atoms with Crippen LogP contribution in [0.3, 0.4) is 0 Å². The van der Waals surface area contributed by atoms with E-state index in [0.717, 1.165) is 45.4 Å². The van der Waals surface area contributed by atoms with Crippen molar-refractivity contribution in [2.45, 2.75) is 9.79 Å². The number of nitrogens with one attached hydrogen (secondary N) is 2. The van der Waals surface area contributed by atoms with Gasteiger partial charge >= 0.3 is 0 Å². The molecule has 5 aromatic rings. The van der Waals surface area contributed by atoms with Crippen LogP contribution in [0.5, 0.6) is 0 Å². The van der Waals surface area contributed by atoms with Crippen LogP contribution in [0, 0.1) is 5.82 Å². The molecule has 0 bridgehead atoms. The van der Waals surface area contributed by atoms with Crippen LogP contribution in [0.4, 0.5) is 16.0 Å². The number of anilines is 2. The van der Waals surface area contributed by atoms with E-state index in [2.05, 4.69) is 20.3 Å². The second kappa shape index (κ2) is 7.27. The van der Waals surface area contributed by atoms with Gasteiger partial charge in [-0.15, -0.1) is 0 Å². The first kappa shape index (κ1) is 19.9. The molecule has 0 radical (unpaired) electrons. The Labute approximate surface area is 181 Å². The molecular weight excluding hydrogens is 433 g/mol. The molecule has 5 rings (SSSR count). The monoisotopic (exact) mass is 449 g/mol. The first-order chi connectivity index (χ1) is 15.3. The number of pyridine rings is 1. The lowest BCUT2D eigenvalue weighted by Crippen LogP contribution is -2.25. The minimum absolute atomic E-state index is 0.172. The Morgan fingerprint density at radius 3 is 2.66 bits per heavy atom. The number of hydrogen-bond acceptors (Lipinski definition) is 6. The van der Waals surface area contributed by atoms with Crippen LogP contribution in [-0.2, 0) is 16.9 Å². The number of aromatic nitrogens is 4. The second-order valence-corrected chi connectivity index (χ2v) is 9.09. The number of aryl methyl sites for hydroxylation is 1. The minimum Gasteiger partial charge on any atom is -0.361 e. The fourth-order valence-electron chi connectivity index (χ4n) is 3.53. The zero-order valence-electron chi connectivity index (χ0n) is 16.7. The van der Waals surface area contributed by atoms with Crippen LogP contribution in [0.1, 0.15) is 0 Å². The first-order valence-electron chi connectivity index (χ1n) is 9.55. The summed E-state index contributed by atoms with van der Waals surface area (Å²) in [7, 11) is -2.71. The van der Waals surface area contributed by atoms with E-state index in [9.17, 15) is 17.6 Å². The van der Waals surface area contributed by atoms with Gasteiger partial charge in [-0.05, 0) is 48.5 Å². The van der Waals surface area contributed by atoms with Crippen LogP contribution in [0.2, 0.25) is 0 Å². The van der Waals surface area contributed by atoms with Gasteiger partial charge in [-0.1, -0.05) is 6.07 Å². The Morgan fingerprint density at radius 1 is 1.09 bits per heavy atom. The fourth-order valence-corrected chi connectivity index (χ4v) is 4.92. The van der Waals surface area contributed by atoms with Gasteiger partial charge in [-0.2, -0.15) is 4.98 Å². The number of hydrogen-bond donors (Lipinski definition) is 2. The van der Waals surface area contributed by atoms with E-state index in [1.165, 1.54) is 19.3 Å². The third-order valence-electron chi connectivity index (χ3n) is 5.17. The molecule has 0 spiro atoms. The van der Waals surface area contributed by atoms with Gasteiger partial charge in [0.05, 0.1) is 10.6 Å². The van der Waals surface area contributed by atoms with Crippen LogP contribution < -0.4 is 10.9 Å². The van der Waals surface area contributed by atoms with Crippen molar-refractivity contribution in [3.8, 4) is 0 Å². The Balaban J connectivity index is 1.60. The predicted octanol–water partition coefficient (Wildman–Crippen LogP) is 3.53. The normalized spacial score (nSPS) is 11.8. The lowest BCUT2D eigenvalue weighted by Gasteiger charge is -2.11. The molecule has 0 aliphatic rings. The highest BCUT2D eigenvalue weighted by atomic mass is 32.2. The lowest BCUT2D eigenvalue weighted by atomic mass is 10.2. The van der Waals surface area contributed by atoms with Gasteiger partial charge in [0.25, 0.3) is 5.56 Å². The third-order valence-corrected chi connectivity index (χ3v) is 6.93. The summed E-state index contributed by atoms with van der Waals surface area (Å²) in [5, 5.41) is 4.46. The van der Waals surface area contributed by atoms with Crippen LogP contribution in [-0.4, -0.2) is 27.9 Å². The van der Waals surface area contributed by atoms with Crippen molar-refractivity contribution in [2.24, 2.45) is 7.05 Å². The van der Waals surface area contributed by atoms with E-state index in [-0.39, 0.29) is 16.5 Å². The largest absolute Gasteiger partial charge is 0.361 e. The quantitative estimate of drug-likeness (QED) is 0.406. The maximum Gasteiger partial charge on any atom is 0.271 e. The van der Waals surface area contributed by atoms with E-state index in [1.807, 2.05) is 30.5 Å². The molecule has 0 saturated heterocycles. The molecule has 0 saturated carbocycles. The summed E-state index contributed by atoms with van der Waals surface area (Å²) in [6.07, 6.45) is 3.27. The van der Waals surface area contributed by atoms with Gasteiger partial charge < -0.3 is 10.3 Å². The van der Waals surface area contributed by atoms with Gasteiger partial charge in [0.2, 0.25) is 15.8 Å². The highest BCUT2D eigenvalue weighted by Crippen LogP contribution is 2.26. The van der Waals surface area contributed by atoms with Gasteiger partial charge in [0.1, 0.15) is 16.4 Å². The predicted molar refractivity (Wildman–Crippen MR) is 118 cm³/mol. The number of sulfone groups is 1. The molecule has 8 nitrogen and oxygen atoms in total. The molecular formula is C22H16FN5O3S. The first-order valence-corrected chi connectivity index (χ1v) is 11.0. The van der Waals surface area contributed by atoms with Gasteiger partial charge in [0.15, 0.2) is 0 Å². The highest BCUT2D eigenvalue weighted by Gasteiger charge is 2.24.